The lowest BCUT2D eigenvalue weighted by atomic mass is 10.1. The van der Waals surface area contributed by atoms with E-state index in [-0.39, 0.29) is 12.3 Å². The summed E-state index contributed by atoms with van der Waals surface area (Å²) in [5.74, 6) is 1.21. The highest BCUT2D eigenvalue weighted by Gasteiger charge is 2.15. The summed E-state index contributed by atoms with van der Waals surface area (Å²) in [5.41, 5.74) is 4.53. The summed E-state index contributed by atoms with van der Waals surface area (Å²) in [7, 11) is 1.95. The molecule has 0 amide bonds. The summed E-state index contributed by atoms with van der Waals surface area (Å²) in [6, 6.07) is 13.8. The Hall–Kier alpha value is -3.41. The largest absolute Gasteiger partial charge is 0.377 e. The van der Waals surface area contributed by atoms with Crippen molar-refractivity contribution in [3.63, 3.8) is 0 Å². The van der Waals surface area contributed by atoms with Crippen molar-refractivity contribution in [2.24, 2.45) is 7.05 Å². The maximum absolute atomic E-state index is 12.8. The van der Waals surface area contributed by atoms with Crippen LogP contribution in [0.15, 0.2) is 53.2 Å². The van der Waals surface area contributed by atoms with Crippen LogP contribution in [0.3, 0.4) is 0 Å². The van der Waals surface area contributed by atoms with Gasteiger partial charge in [-0.2, -0.15) is 4.98 Å². The van der Waals surface area contributed by atoms with Crippen LogP contribution in [0.25, 0.3) is 22.4 Å². The zero-order valence-electron chi connectivity index (χ0n) is 16.2. The molecule has 0 spiro atoms. The molecule has 0 aliphatic rings. The van der Waals surface area contributed by atoms with Crippen molar-refractivity contribution in [3.05, 3.63) is 65.6 Å². The van der Waals surface area contributed by atoms with E-state index in [1.165, 1.54) is 0 Å². The molecule has 0 unspecified atom stereocenters. The number of anilines is 1. The summed E-state index contributed by atoms with van der Waals surface area (Å²) < 4.78 is 7.31. The van der Waals surface area contributed by atoms with Gasteiger partial charge in [0.2, 0.25) is 0 Å². The van der Waals surface area contributed by atoms with Gasteiger partial charge >= 0.3 is 0 Å². The smallest absolute Gasteiger partial charge is 0.257 e. The van der Waals surface area contributed by atoms with Crippen LogP contribution in [0.2, 0.25) is 0 Å². The van der Waals surface area contributed by atoms with Gasteiger partial charge in [0.15, 0.2) is 11.6 Å². The summed E-state index contributed by atoms with van der Waals surface area (Å²) in [5, 5.41) is 8.19. The van der Waals surface area contributed by atoms with E-state index in [0.717, 1.165) is 39.7 Å². The van der Waals surface area contributed by atoms with Gasteiger partial charge in [-0.25, -0.2) is 0 Å². The van der Waals surface area contributed by atoms with Crippen LogP contribution in [0.4, 0.5) is 5.69 Å². The molecular weight excluding hydrogens is 352 g/mol. The first-order valence-corrected chi connectivity index (χ1v) is 9.31. The highest BCUT2D eigenvalue weighted by Crippen LogP contribution is 2.25. The van der Waals surface area contributed by atoms with Gasteiger partial charge in [-0.1, -0.05) is 36.3 Å². The lowest BCUT2D eigenvalue weighted by Gasteiger charge is -2.10. The number of carbonyl (C=O) groups is 1. The number of fused-ring (bicyclic) bond motifs is 1. The van der Waals surface area contributed by atoms with Crippen LogP contribution < -0.4 is 5.32 Å². The van der Waals surface area contributed by atoms with Crippen molar-refractivity contribution in [2.75, 3.05) is 11.9 Å². The Bertz CT molecular complexity index is 1160. The number of carbonyl (C=O) groups excluding carboxylic acids is 1. The molecule has 1 N–H and O–H groups in total. The van der Waals surface area contributed by atoms with Gasteiger partial charge in [0.25, 0.3) is 5.89 Å². The Morgan fingerprint density at radius 2 is 2.04 bits per heavy atom. The van der Waals surface area contributed by atoms with Crippen LogP contribution in [0.5, 0.6) is 0 Å². The van der Waals surface area contributed by atoms with Crippen molar-refractivity contribution in [1.29, 1.82) is 0 Å². The Morgan fingerprint density at radius 3 is 2.82 bits per heavy atom. The molecule has 0 atom stereocenters. The van der Waals surface area contributed by atoms with E-state index >= 15 is 0 Å². The summed E-state index contributed by atoms with van der Waals surface area (Å²) >= 11 is 0. The molecule has 142 valence electrons. The molecular formula is C22H22N4O2. The van der Waals surface area contributed by atoms with Crippen LogP contribution in [-0.2, 0) is 13.5 Å². The lowest BCUT2D eigenvalue weighted by Crippen LogP contribution is -2.14. The fraction of sp³-hybridized carbons (Fsp3) is 0.227. The number of Topliss-reactive ketones (excluding diaryl/α,β-unsaturated/α-hetero) is 1. The monoisotopic (exact) mass is 374 g/mol. The van der Waals surface area contributed by atoms with Gasteiger partial charge in [-0.05, 0) is 30.7 Å². The normalized spacial score (nSPS) is 11.1. The first-order valence-electron chi connectivity index (χ1n) is 9.31. The third-order valence-corrected chi connectivity index (χ3v) is 4.91. The number of hydrogen-bond donors (Lipinski definition) is 1. The fourth-order valence-corrected chi connectivity index (χ4v) is 3.29. The Balaban J connectivity index is 1.55. The van der Waals surface area contributed by atoms with Crippen molar-refractivity contribution >= 4 is 22.4 Å². The van der Waals surface area contributed by atoms with E-state index < -0.39 is 0 Å². The zero-order valence-corrected chi connectivity index (χ0v) is 16.2. The first-order chi connectivity index (χ1) is 13.6. The van der Waals surface area contributed by atoms with Gasteiger partial charge in [-0.3, -0.25) is 4.79 Å². The second-order valence-corrected chi connectivity index (χ2v) is 6.85. The molecule has 0 saturated carbocycles. The molecule has 28 heavy (non-hydrogen) atoms. The maximum atomic E-state index is 12.8. The summed E-state index contributed by atoms with van der Waals surface area (Å²) in [6.07, 6.45) is 2.61. The topological polar surface area (TPSA) is 73.0 Å². The Kier molecular flexibility index (Phi) is 4.69. The molecule has 0 radical (unpaired) electrons. The Morgan fingerprint density at radius 1 is 1.21 bits per heavy atom. The number of rotatable bonds is 6. The van der Waals surface area contributed by atoms with Crippen LogP contribution >= 0.6 is 0 Å². The predicted octanol–water partition coefficient (Wildman–Crippen LogP) is 4.39. The van der Waals surface area contributed by atoms with E-state index in [1.807, 2.05) is 74.1 Å². The van der Waals surface area contributed by atoms with E-state index in [9.17, 15) is 4.79 Å². The SMILES string of the molecule is CCc1noc(-c2ccc(C)c(NCC(=O)c3cn(C)c4ccccc34)c2)n1. The third kappa shape index (κ3) is 3.29. The molecule has 6 nitrogen and oxygen atoms in total. The van der Waals surface area contributed by atoms with Crippen LogP contribution in [-0.4, -0.2) is 27.0 Å². The second-order valence-electron chi connectivity index (χ2n) is 6.85. The number of para-hydroxylation sites is 1. The van der Waals surface area contributed by atoms with Crippen molar-refractivity contribution in [3.8, 4) is 11.5 Å². The first kappa shape index (κ1) is 18.0. The van der Waals surface area contributed by atoms with E-state index in [4.69, 9.17) is 4.52 Å². The highest BCUT2D eigenvalue weighted by molar-refractivity contribution is 6.09. The molecule has 0 saturated heterocycles. The molecule has 4 aromatic rings. The minimum Gasteiger partial charge on any atom is -0.377 e. The number of nitrogens with zero attached hydrogens (tertiary/aromatic N) is 3. The van der Waals surface area contributed by atoms with Crippen molar-refractivity contribution in [2.45, 2.75) is 20.3 Å². The number of aromatic nitrogens is 3. The summed E-state index contributed by atoms with van der Waals surface area (Å²) in [4.78, 5) is 17.2. The fourth-order valence-electron chi connectivity index (χ4n) is 3.29. The van der Waals surface area contributed by atoms with Crippen molar-refractivity contribution in [1.82, 2.24) is 14.7 Å². The minimum absolute atomic E-state index is 0.0488. The number of ketones is 1. The molecule has 2 aromatic heterocycles. The van der Waals surface area contributed by atoms with Gasteiger partial charge in [0.1, 0.15) is 0 Å². The molecule has 0 aliphatic heterocycles. The van der Waals surface area contributed by atoms with Crippen LogP contribution in [0, 0.1) is 6.92 Å². The number of aryl methyl sites for hydroxylation is 3. The third-order valence-electron chi connectivity index (χ3n) is 4.91. The predicted molar refractivity (Wildman–Crippen MR) is 110 cm³/mol. The zero-order chi connectivity index (χ0) is 19.7. The standard InChI is InChI=1S/C22H22N4O2/c1-4-21-24-22(28-25-21)15-10-9-14(2)18(11-15)23-12-20(27)17-13-26(3)19-8-6-5-7-16(17)19/h5-11,13,23H,4,12H2,1-3H3. The Labute approximate surface area is 163 Å². The average molecular weight is 374 g/mol. The van der Waals surface area contributed by atoms with Crippen molar-refractivity contribution < 1.29 is 9.32 Å². The molecule has 0 aliphatic carbocycles. The number of nitrogens with one attached hydrogen (secondary N) is 1. The molecule has 0 fully saturated rings. The second kappa shape index (κ2) is 7.31. The van der Waals surface area contributed by atoms with E-state index in [2.05, 4.69) is 15.5 Å². The van der Waals surface area contributed by atoms with Gasteiger partial charge in [-0.15, -0.1) is 0 Å². The molecule has 0 bridgehead atoms. The minimum atomic E-state index is 0.0488. The van der Waals surface area contributed by atoms with Gasteiger partial charge < -0.3 is 14.4 Å². The van der Waals surface area contributed by atoms with E-state index in [1.54, 1.807) is 0 Å². The molecule has 6 heteroatoms. The average Bonchev–Trinajstić information content (AvgIpc) is 3.32. The number of hydrogen-bond acceptors (Lipinski definition) is 5. The maximum Gasteiger partial charge on any atom is 0.257 e. The number of benzene rings is 2. The molecule has 2 aromatic carbocycles. The van der Waals surface area contributed by atoms with E-state index in [0.29, 0.717) is 11.7 Å². The molecule has 2 heterocycles. The lowest BCUT2D eigenvalue weighted by molar-refractivity contribution is 0.101. The van der Waals surface area contributed by atoms with Crippen LogP contribution in [0.1, 0.15) is 28.7 Å². The molecule has 4 rings (SSSR count). The quantitative estimate of drug-likeness (QED) is 0.507. The van der Waals surface area contributed by atoms with Gasteiger partial charge in [0, 0.05) is 47.4 Å². The van der Waals surface area contributed by atoms with Gasteiger partial charge in [0.05, 0.1) is 6.54 Å². The highest BCUT2D eigenvalue weighted by atomic mass is 16.5. The summed E-state index contributed by atoms with van der Waals surface area (Å²) in [6.45, 7) is 4.19.